The third-order valence-electron chi connectivity index (χ3n) is 1.62. The highest BCUT2D eigenvalue weighted by molar-refractivity contribution is 9.10. The maximum absolute atomic E-state index is 5.93. The molecule has 0 bridgehead atoms. The molecule has 0 fully saturated rings. The Morgan fingerprint density at radius 1 is 1.58 bits per heavy atom. The summed E-state index contributed by atoms with van der Waals surface area (Å²) in [5.41, 5.74) is 4.71. The molecule has 2 nitrogen and oxygen atoms in total. The van der Waals surface area contributed by atoms with Gasteiger partial charge in [-0.1, -0.05) is 27.5 Å². The lowest BCUT2D eigenvalue weighted by atomic mass is 10.1. The van der Waals surface area contributed by atoms with Gasteiger partial charge in [-0.05, 0) is 30.2 Å². The van der Waals surface area contributed by atoms with Gasteiger partial charge in [0.2, 0.25) is 0 Å². The fourth-order valence-corrected chi connectivity index (χ4v) is 1.72. The standard InChI is InChI=1S/C8H10BrClN2/c1-5-2-7(9)6(4-12-11)3-8(5)10/h2-3,12H,4,11H2,1H3. The molecule has 66 valence electrons. The number of nitrogens with one attached hydrogen (secondary N) is 1. The summed E-state index contributed by atoms with van der Waals surface area (Å²) in [6, 6.07) is 3.88. The van der Waals surface area contributed by atoms with Gasteiger partial charge in [0.1, 0.15) is 0 Å². The molecule has 0 spiro atoms. The number of hydrogen-bond acceptors (Lipinski definition) is 2. The Kier molecular flexibility index (Phi) is 3.53. The molecule has 0 aliphatic carbocycles. The van der Waals surface area contributed by atoms with Gasteiger partial charge in [-0.25, -0.2) is 0 Å². The second kappa shape index (κ2) is 4.23. The van der Waals surface area contributed by atoms with Crippen molar-refractivity contribution in [3.63, 3.8) is 0 Å². The van der Waals surface area contributed by atoms with Crippen LogP contribution in [0, 0.1) is 6.92 Å². The van der Waals surface area contributed by atoms with Gasteiger partial charge in [-0.3, -0.25) is 11.3 Å². The predicted octanol–water partition coefficient (Wildman–Crippen LogP) is 2.37. The number of halogens is 2. The molecule has 1 aromatic rings. The predicted molar refractivity (Wildman–Crippen MR) is 54.9 cm³/mol. The molecule has 0 aliphatic heterocycles. The van der Waals surface area contributed by atoms with Crippen molar-refractivity contribution in [2.75, 3.05) is 0 Å². The number of aryl methyl sites for hydroxylation is 1. The van der Waals surface area contributed by atoms with Crippen LogP contribution < -0.4 is 11.3 Å². The van der Waals surface area contributed by atoms with Crippen LogP contribution in [0.4, 0.5) is 0 Å². The van der Waals surface area contributed by atoms with Crippen LogP contribution in [0.1, 0.15) is 11.1 Å². The van der Waals surface area contributed by atoms with Gasteiger partial charge in [0.05, 0.1) is 0 Å². The zero-order valence-electron chi connectivity index (χ0n) is 6.70. The third kappa shape index (κ3) is 2.20. The van der Waals surface area contributed by atoms with Gasteiger partial charge in [0.15, 0.2) is 0 Å². The Balaban J connectivity index is 3.05. The molecule has 0 atom stereocenters. The first-order valence-electron chi connectivity index (χ1n) is 3.53. The number of hydrogen-bond donors (Lipinski definition) is 2. The minimum absolute atomic E-state index is 0.612. The SMILES string of the molecule is Cc1cc(Br)c(CNN)cc1Cl. The molecule has 0 aromatic heterocycles. The molecule has 12 heavy (non-hydrogen) atoms. The second-order valence-electron chi connectivity index (χ2n) is 2.57. The molecule has 1 aromatic carbocycles. The van der Waals surface area contributed by atoms with E-state index in [1.54, 1.807) is 0 Å². The van der Waals surface area contributed by atoms with Crippen LogP contribution in [0.15, 0.2) is 16.6 Å². The summed E-state index contributed by atoms with van der Waals surface area (Å²) in [7, 11) is 0. The van der Waals surface area contributed by atoms with Crippen molar-refractivity contribution in [1.82, 2.24) is 5.43 Å². The summed E-state index contributed by atoms with van der Waals surface area (Å²) in [5, 5.41) is 0.767. The summed E-state index contributed by atoms with van der Waals surface area (Å²) < 4.78 is 1.03. The molecule has 0 saturated heterocycles. The van der Waals surface area contributed by atoms with Crippen molar-refractivity contribution in [3.8, 4) is 0 Å². The van der Waals surface area contributed by atoms with Crippen molar-refractivity contribution < 1.29 is 0 Å². The molecule has 3 N–H and O–H groups in total. The first kappa shape index (κ1) is 9.99. The minimum atomic E-state index is 0.612. The van der Waals surface area contributed by atoms with E-state index in [1.807, 2.05) is 19.1 Å². The Bertz CT molecular complexity index is 289. The summed E-state index contributed by atoms with van der Waals surface area (Å²) in [5.74, 6) is 5.20. The Labute approximate surface area is 85.2 Å². The van der Waals surface area contributed by atoms with Crippen LogP contribution in [0.25, 0.3) is 0 Å². The number of benzene rings is 1. The van der Waals surface area contributed by atoms with E-state index in [-0.39, 0.29) is 0 Å². The fraction of sp³-hybridized carbons (Fsp3) is 0.250. The summed E-state index contributed by atoms with van der Waals surface area (Å²) in [6.45, 7) is 2.58. The van der Waals surface area contributed by atoms with Gasteiger partial charge in [0, 0.05) is 16.0 Å². The molecule has 0 amide bonds. The average Bonchev–Trinajstić information content (AvgIpc) is 2.01. The quantitative estimate of drug-likeness (QED) is 0.624. The first-order chi connectivity index (χ1) is 5.65. The maximum Gasteiger partial charge on any atom is 0.0439 e. The Hall–Kier alpha value is -0.0900. The topological polar surface area (TPSA) is 38.0 Å². The van der Waals surface area contributed by atoms with E-state index in [9.17, 15) is 0 Å². The van der Waals surface area contributed by atoms with Gasteiger partial charge < -0.3 is 0 Å². The van der Waals surface area contributed by atoms with Crippen LogP contribution in [0.3, 0.4) is 0 Å². The van der Waals surface area contributed by atoms with Crippen molar-refractivity contribution in [2.45, 2.75) is 13.5 Å². The highest BCUT2D eigenvalue weighted by Gasteiger charge is 2.02. The van der Waals surface area contributed by atoms with Gasteiger partial charge in [0.25, 0.3) is 0 Å². The summed E-state index contributed by atoms with van der Waals surface area (Å²) in [4.78, 5) is 0. The normalized spacial score (nSPS) is 10.3. The minimum Gasteiger partial charge on any atom is -0.271 e. The molecule has 0 unspecified atom stereocenters. The van der Waals surface area contributed by atoms with Gasteiger partial charge in [-0.15, -0.1) is 0 Å². The van der Waals surface area contributed by atoms with Crippen LogP contribution in [0.5, 0.6) is 0 Å². The smallest absolute Gasteiger partial charge is 0.0439 e. The average molecular weight is 250 g/mol. The van der Waals surface area contributed by atoms with E-state index >= 15 is 0 Å². The first-order valence-corrected chi connectivity index (χ1v) is 4.70. The van der Waals surface area contributed by atoms with E-state index in [0.29, 0.717) is 6.54 Å². The fourth-order valence-electron chi connectivity index (χ4n) is 0.933. The van der Waals surface area contributed by atoms with Crippen LogP contribution in [-0.4, -0.2) is 0 Å². The monoisotopic (exact) mass is 248 g/mol. The molecule has 0 heterocycles. The Morgan fingerprint density at radius 2 is 2.25 bits per heavy atom. The lowest BCUT2D eigenvalue weighted by Gasteiger charge is -2.06. The molecule has 4 heteroatoms. The lowest BCUT2D eigenvalue weighted by molar-refractivity contribution is 0.739. The zero-order valence-corrected chi connectivity index (χ0v) is 9.04. The van der Waals surface area contributed by atoms with E-state index in [1.165, 1.54) is 0 Å². The van der Waals surface area contributed by atoms with E-state index in [0.717, 1.165) is 20.6 Å². The molecule has 1 rings (SSSR count). The van der Waals surface area contributed by atoms with Crippen molar-refractivity contribution >= 4 is 27.5 Å². The molecule has 0 radical (unpaired) electrons. The largest absolute Gasteiger partial charge is 0.271 e. The van der Waals surface area contributed by atoms with Crippen LogP contribution >= 0.6 is 27.5 Å². The maximum atomic E-state index is 5.93. The number of nitrogens with two attached hydrogens (primary N) is 1. The van der Waals surface area contributed by atoms with Crippen LogP contribution in [0.2, 0.25) is 5.02 Å². The second-order valence-corrected chi connectivity index (χ2v) is 3.84. The Morgan fingerprint density at radius 3 is 2.83 bits per heavy atom. The lowest BCUT2D eigenvalue weighted by Crippen LogP contribution is -2.21. The molecular formula is C8H10BrClN2. The number of hydrazine groups is 1. The molecule has 0 aliphatic rings. The molecular weight excluding hydrogens is 239 g/mol. The highest BCUT2D eigenvalue weighted by atomic mass is 79.9. The molecule has 0 saturated carbocycles. The van der Waals surface area contributed by atoms with E-state index in [2.05, 4.69) is 21.4 Å². The van der Waals surface area contributed by atoms with Gasteiger partial charge >= 0.3 is 0 Å². The summed E-state index contributed by atoms with van der Waals surface area (Å²) in [6.07, 6.45) is 0. The van der Waals surface area contributed by atoms with Crippen LogP contribution in [-0.2, 0) is 6.54 Å². The summed E-state index contributed by atoms with van der Waals surface area (Å²) >= 11 is 9.36. The van der Waals surface area contributed by atoms with Crippen molar-refractivity contribution in [3.05, 3.63) is 32.8 Å². The van der Waals surface area contributed by atoms with E-state index < -0.39 is 0 Å². The van der Waals surface area contributed by atoms with Crippen molar-refractivity contribution in [2.24, 2.45) is 5.84 Å². The third-order valence-corrected chi connectivity index (χ3v) is 2.77. The number of rotatable bonds is 2. The van der Waals surface area contributed by atoms with E-state index in [4.69, 9.17) is 17.4 Å². The zero-order chi connectivity index (χ0) is 9.14. The van der Waals surface area contributed by atoms with Crippen molar-refractivity contribution in [1.29, 1.82) is 0 Å². The highest BCUT2D eigenvalue weighted by Crippen LogP contribution is 2.24. The van der Waals surface area contributed by atoms with Gasteiger partial charge in [-0.2, -0.15) is 0 Å².